The minimum Gasteiger partial charge on any atom is -0.394 e. The fourth-order valence-electron chi connectivity index (χ4n) is 2.39. The highest BCUT2D eigenvalue weighted by Gasteiger charge is 2.20. The van der Waals surface area contributed by atoms with E-state index >= 15 is 0 Å². The Morgan fingerprint density at radius 2 is 1.76 bits per heavy atom. The highest BCUT2D eigenvalue weighted by molar-refractivity contribution is 5.27. The van der Waals surface area contributed by atoms with Gasteiger partial charge in [0.25, 0.3) is 0 Å². The number of nitrogens with zero attached hydrogens (tertiary/aromatic N) is 1. The molecule has 1 N–H and O–H groups in total. The Hall–Kier alpha value is -1.78. The van der Waals surface area contributed by atoms with Crippen molar-refractivity contribution >= 4 is 0 Å². The molecule has 4 heteroatoms. The van der Waals surface area contributed by atoms with Crippen molar-refractivity contribution in [1.82, 2.24) is 4.90 Å². The number of hydrogen-bond donors (Lipinski definition) is 1. The third-order valence-corrected chi connectivity index (χ3v) is 3.68. The molecule has 1 unspecified atom stereocenters. The highest BCUT2D eigenvalue weighted by atomic mass is 19.1. The van der Waals surface area contributed by atoms with Gasteiger partial charge in [-0.2, -0.15) is 0 Å². The molecule has 2 aromatic rings. The van der Waals surface area contributed by atoms with E-state index in [9.17, 15) is 13.9 Å². The quantitative estimate of drug-likeness (QED) is 0.912. The predicted octanol–water partition coefficient (Wildman–Crippen LogP) is 3.44. The third-order valence-electron chi connectivity index (χ3n) is 3.68. The Bertz CT molecular complexity index is 601. The summed E-state index contributed by atoms with van der Waals surface area (Å²) in [7, 11) is 1.75. The molecule has 0 aromatic heterocycles. The lowest BCUT2D eigenvalue weighted by Gasteiger charge is -2.27. The maximum Gasteiger partial charge on any atom is 0.133 e. The van der Waals surface area contributed by atoms with Gasteiger partial charge < -0.3 is 5.11 Å². The molecule has 0 bridgehead atoms. The Morgan fingerprint density at radius 1 is 1.10 bits per heavy atom. The normalized spacial score (nSPS) is 12.7. The number of benzene rings is 2. The van der Waals surface area contributed by atoms with E-state index in [0.29, 0.717) is 5.56 Å². The molecule has 2 aromatic carbocycles. The molecule has 0 amide bonds. The second-order valence-corrected chi connectivity index (χ2v) is 5.18. The number of hydrogen-bond acceptors (Lipinski definition) is 2. The average molecular weight is 291 g/mol. The van der Waals surface area contributed by atoms with Gasteiger partial charge in [-0.1, -0.05) is 36.4 Å². The van der Waals surface area contributed by atoms with Gasteiger partial charge in [0.15, 0.2) is 0 Å². The summed E-state index contributed by atoms with van der Waals surface area (Å²) >= 11 is 0. The van der Waals surface area contributed by atoms with Crippen LogP contribution in [0.2, 0.25) is 0 Å². The van der Waals surface area contributed by atoms with E-state index in [2.05, 4.69) is 0 Å². The molecule has 0 saturated heterocycles. The van der Waals surface area contributed by atoms with Crippen LogP contribution in [-0.2, 0) is 6.54 Å². The molecule has 0 aliphatic carbocycles. The molecule has 0 spiro atoms. The van der Waals surface area contributed by atoms with Crippen LogP contribution in [0.25, 0.3) is 0 Å². The monoisotopic (exact) mass is 291 g/mol. The van der Waals surface area contributed by atoms with Gasteiger partial charge in [0.05, 0.1) is 12.6 Å². The molecule has 0 heterocycles. The van der Waals surface area contributed by atoms with Crippen molar-refractivity contribution in [3.63, 3.8) is 0 Å². The van der Waals surface area contributed by atoms with Crippen LogP contribution in [0, 0.1) is 18.6 Å². The maximum absolute atomic E-state index is 14.1. The Morgan fingerprint density at radius 3 is 2.38 bits per heavy atom. The second kappa shape index (κ2) is 6.78. The zero-order valence-corrected chi connectivity index (χ0v) is 12.2. The number of aliphatic hydroxyl groups excluding tert-OH is 1. The van der Waals surface area contributed by atoms with Gasteiger partial charge in [0.1, 0.15) is 11.6 Å². The molecule has 0 aliphatic rings. The van der Waals surface area contributed by atoms with Crippen molar-refractivity contribution in [3.05, 3.63) is 70.8 Å². The van der Waals surface area contributed by atoms with Crippen molar-refractivity contribution in [2.24, 2.45) is 0 Å². The summed E-state index contributed by atoms with van der Waals surface area (Å²) in [4.78, 5) is 1.75. The molecular weight excluding hydrogens is 272 g/mol. The lowest BCUT2D eigenvalue weighted by atomic mass is 10.0. The van der Waals surface area contributed by atoms with E-state index in [4.69, 9.17) is 0 Å². The lowest BCUT2D eigenvalue weighted by Crippen LogP contribution is -2.28. The van der Waals surface area contributed by atoms with E-state index in [1.54, 1.807) is 18.9 Å². The Labute approximate surface area is 123 Å². The summed E-state index contributed by atoms with van der Waals surface area (Å²) < 4.78 is 27.9. The molecule has 21 heavy (non-hydrogen) atoms. The van der Waals surface area contributed by atoms with Crippen molar-refractivity contribution < 1.29 is 13.9 Å². The smallest absolute Gasteiger partial charge is 0.133 e. The second-order valence-electron chi connectivity index (χ2n) is 5.18. The van der Waals surface area contributed by atoms with Crippen molar-refractivity contribution in [3.8, 4) is 0 Å². The van der Waals surface area contributed by atoms with Crippen LogP contribution >= 0.6 is 0 Å². The number of halogens is 2. The van der Waals surface area contributed by atoms with E-state index < -0.39 is 11.6 Å². The Balaban J connectivity index is 2.25. The molecule has 1 atom stereocenters. The van der Waals surface area contributed by atoms with Gasteiger partial charge in [-0.3, -0.25) is 4.90 Å². The number of likely N-dealkylation sites (N-methyl/N-ethyl adjacent to an activating group) is 1. The molecule has 2 rings (SSSR count). The van der Waals surface area contributed by atoms with E-state index in [1.807, 2.05) is 30.3 Å². The first-order chi connectivity index (χ1) is 10.0. The summed E-state index contributed by atoms with van der Waals surface area (Å²) in [6.07, 6.45) is 0. The van der Waals surface area contributed by atoms with Crippen LogP contribution in [0.5, 0.6) is 0 Å². The van der Waals surface area contributed by atoms with E-state index in [-0.39, 0.29) is 24.8 Å². The molecule has 0 fully saturated rings. The highest BCUT2D eigenvalue weighted by Crippen LogP contribution is 2.24. The first kappa shape index (κ1) is 15.6. The summed E-state index contributed by atoms with van der Waals surface area (Å²) in [6.45, 7) is 1.59. The third kappa shape index (κ3) is 3.46. The van der Waals surface area contributed by atoms with Crippen LogP contribution in [-0.4, -0.2) is 23.7 Å². The van der Waals surface area contributed by atoms with Crippen molar-refractivity contribution in [2.45, 2.75) is 19.5 Å². The van der Waals surface area contributed by atoms with Crippen LogP contribution in [0.15, 0.2) is 42.5 Å². The minimum atomic E-state index is -0.560. The molecule has 0 saturated carbocycles. The van der Waals surface area contributed by atoms with Gasteiger partial charge in [-0.05, 0) is 31.2 Å². The molecule has 2 nitrogen and oxygen atoms in total. The number of aliphatic hydroxyl groups is 1. The first-order valence-electron chi connectivity index (χ1n) is 6.84. The standard InChI is InChI=1S/C17H19F2NO/c1-12-8-9-15(18)14(17(12)19)10-20(2)16(11-21)13-6-4-3-5-7-13/h3-9,16,21H,10-11H2,1-2H3. The maximum atomic E-state index is 14.1. The van der Waals surface area contributed by atoms with Gasteiger partial charge in [-0.25, -0.2) is 8.78 Å². The van der Waals surface area contributed by atoms with Gasteiger partial charge >= 0.3 is 0 Å². The van der Waals surface area contributed by atoms with Crippen LogP contribution in [0.1, 0.15) is 22.7 Å². The van der Waals surface area contributed by atoms with Crippen molar-refractivity contribution in [1.29, 1.82) is 0 Å². The summed E-state index contributed by atoms with van der Waals surface area (Å²) in [5.41, 5.74) is 1.36. The van der Waals surface area contributed by atoms with Gasteiger partial charge in [0.2, 0.25) is 0 Å². The lowest BCUT2D eigenvalue weighted by molar-refractivity contribution is 0.140. The van der Waals surface area contributed by atoms with Crippen LogP contribution < -0.4 is 0 Å². The van der Waals surface area contributed by atoms with Gasteiger partial charge in [-0.15, -0.1) is 0 Å². The predicted molar refractivity (Wildman–Crippen MR) is 78.8 cm³/mol. The fourth-order valence-corrected chi connectivity index (χ4v) is 2.39. The van der Waals surface area contributed by atoms with Crippen molar-refractivity contribution in [2.75, 3.05) is 13.7 Å². The Kier molecular flexibility index (Phi) is 5.04. The summed E-state index contributed by atoms with van der Waals surface area (Å²) in [5, 5.41) is 9.59. The van der Waals surface area contributed by atoms with E-state index in [0.717, 1.165) is 5.56 Å². The molecule has 0 radical (unpaired) electrons. The molecular formula is C17H19F2NO. The zero-order chi connectivity index (χ0) is 15.4. The van der Waals surface area contributed by atoms with Gasteiger partial charge in [0, 0.05) is 12.1 Å². The summed E-state index contributed by atoms with van der Waals surface area (Å²) in [6, 6.07) is 11.8. The molecule has 0 aliphatic heterocycles. The largest absolute Gasteiger partial charge is 0.394 e. The topological polar surface area (TPSA) is 23.5 Å². The number of rotatable bonds is 5. The fraction of sp³-hybridized carbons (Fsp3) is 0.294. The SMILES string of the molecule is Cc1ccc(F)c(CN(C)C(CO)c2ccccc2)c1F. The number of aryl methyl sites for hydroxylation is 1. The first-order valence-corrected chi connectivity index (χ1v) is 6.84. The summed E-state index contributed by atoms with van der Waals surface area (Å²) in [5.74, 6) is -1.08. The van der Waals surface area contributed by atoms with Crippen LogP contribution in [0.4, 0.5) is 8.78 Å². The molecule has 112 valence electrons. The van der Waals surface area contributed by atoms with Crippen LogP contribution in [0.3, 0.4) is 0 Å². The zero-order valence-electron chi connectivity index (χ0n) is 12.2. The van der Waals surface area contributed by atoms with E-state index in [1.165, 1.54) is 12.1 Å². The minimum absolute atomic E-state index is 0.0341. The average Bonchev–Trinajstić information content (AvgIpc) is 2.49.